The molecule has 2 heterocycles. The molecule has 1 amide bonds. The third kappa shape index (κ3) is 3.78. The molecule has 170 valence electrons. The van der Waals surface area contributed by atoms with Gasteiger partial charge in [-0.15, -0.1) is 0 Å². The first kappa shape index (κ1) is 21.7. The number of aryl methyl sites for hydroxylation is 1. The number of anilines is 1. The molecule has 5 aromatic rings. The van der Waals surface area contributed by atoms with E-state index in [-0.39, 0.29) is 34.4 Å². The molecule has 0 aliphatic rings. The van der Waals surface area contributed by atoms with Gasteiger partial charge in [0.15, 0.2) is 5.65 Å². The number of benzene rings is 3. The number of carboxylic acids is 1. The van der Waals surface area contributed by atoms with Gasteiger partial charge in [-0.1, -0.05) is 41.9 Å². The van der Waals surface area contributed by atoms with Crippen LogP contribution in [0.1, 0.15) is 16.8 Å². The Morgan fingerprint density at radius 1 is 1.06 bits per heavy atom. The highest BCUT2D eigenvalue weighted by Crippen LogP contribution is 2.32. The highest BCUT2D eigenvalue weighted by Gasteiger charge is 2.18. The van der Waals surface area contributed by atoms with Crippen LogP contribution in [0.3, 0.4) is 0 Å². The van der Waals surface area contributed by atoms with Crippen LogP contribution >= 0.6 is 11.6 Å². The number of rotatable bonds is 6. The van der Waals surface area contributed by atoms with Gasteiger partial charge in [0, 0.05) is 24.4 Å². The van der Waals surface area contributed by atoms with Crippen LogP contribution in [-0.2, 0) is 11.3 Å². The van der Waals surface area contributed by atoms with E-state index >= 15 is 0 Å². The van der Waals surface area contributed by atoms with E-state index in [1.54, 1.807) is 0 Å². The fraction of sp³-hybridized carbons (Fsp3) is 0.120. The van der Waals surface area contributed by atoms with Crippen molar-refractivity contribution in [3.8, 4) is 5.75 Å². The third-order valence-corrected chi connectivity index (χ3v) is 5.93. The minimum Gasteiger partial charge on any atom is -0.496 e. The summed E-state index contributed by atoms with van der Waals surface area (Å²) in [5.74, 6) is -1.35. The number of fused-ring (bicyclic) bond motifs is 4. The van der Waals surface area contributed by atoms with E-state index < -0.39 is 5.97 Å². The highest BCUT2D eigenvalue weighted by molar-refractivity contribution is 6.34. The topological polar surface area (TPSA) is 106 Å². The summed E-state index contributed by atoms with van der Waals surface area (Å²) in [5, 5.41) is 13.1. The fourth-order valence-corrected chi connectivity index (χ4v) is 4.23. The molecule has 0 spiro atoms. The number of nitrogens with zero attached hydrogens (tertiary/aromatic N) is 3. The van der Waals surface area contributed by atoms with Gasteiger partial charge in [0.05, 0.1) is 34.4 Å². The van der Waals surface area contributed by atoms with Crippen molar-refractivity contribution in [1.82, 2.24) is 14.5 Å². The number of aromatic nitrogens is 3. The Morgan fingerprint density at radius 2 is 1.76 bits per heavy atom. The second-order valence-electron chi connectivity index (χ2n) is 7.69. The van der Waals surface area contributed by atoms with Crippen LogP contribution in [0.5, 0.6) is 5.75 Å². The molecule has 0 saturated heterocycles. The van der Waals surface area contributed by atoms with Gasteiger partial charge in [0.25, 0.3) is 0 Å². The number of carboxylic acid groups (broad SMARTS) is 1. The van der Waals surface area contributed by atoms with Gasteiger partial charge in [0.1, 0.15) is 16.8 Å². The smallest absolute Gasteiger partial charge is 0.339 e. The second-order valence-corrected chi connectivity index (χ2v) is 8.10. The van der Waals surface area contributed by atoms with Gasteiger partial charge in [-0.3, -0.25) is 4.79 Å². The molecule has 3 aromatic carbocycles. The predicted octanol–water partition coefficient (Wildman–Crippen LogP) is 5.13. The zero-order valence-electron chi connectivity index (χ0n) is 18.1. The van der Waals surface area contributed by atoms with Crippen molar-refractivity contribution in [2.75, 3.05) is 12.4 Å². The molecule has 0 unspecified atom stereocenters. The molecule has 5 rings (SSSR count). The molecule has 0 bridgehead atoms. The lowest BCUT2D eigenvalue weighted by atomic mass is 10.1. The highest BCUT2D eigenvalue weighted by atomic mass is 35.5. The number of amides is 1. The van der Waals surface area contributed by atoms with Crippen LogP contribution in [-0.4, -0.2) is 38.6 Å². The van der Waals surface area contributed by atoms with Crippen LogP contribution in [0.25, 0.3) is 33.1 Å². The lowest BCUT2D eigenvalue weighted by molar-refractivity contribution is -0.116. The summed E-state index contributed by atoms with van der Waals surface area (Å²) in [5.41, 5.74) is 4.21. The van der Waals surface area contributed by atoms with Crippen LogP contribution in [0.4, 0.5) is 5.69 Å². The average molecular weight is 475 g/mol. The molecule has 0 aliphatic heterocycles. The number of nitrogens with one attached hydrogen (secondary N) is 1. The molecule has 9 heteroatoms. The monoisotopic (exact) mass is 474 g/mol. The average Bonchev–Trinajstić information content (AvgIpc) is 3.14. The molecule has 34 heavy (non-hydrogen) atoms. The van der Waals surface area contributed by atoms with Gasteiger partial charge in [-0.05, 0) is 24.3 Å². The van der Waals surface area contributed by atoms with E-state index in [4.69, 9.17) is 26.3 Å². The molecule has 8 nitrogen and oxygen atoms in total. The van der Waals surface area contributed by atoms with Crippen molar-refractivity contribution in [3.05, 3.63) is 71.2 Å². The molecular weight excluding hydrogens is 456 g/mol. The first-order chi connectivity index (χ1) is 16.5. The number of para-hydroxylation sites is 3. The zero-order chi connectivity index (χ0) is 23.8. The molecule has 0 radical (unpaired) electrons. The van der Waals surface area contributed by atoms with Gasteiger partial charge in [-0.2, -0.15) is 0 Å². The van der Waals surface area contributed by atoms with Gasteiger partial charge >= 0.3 is 5.97 Å². The van der Waals surface area contributed by atoms with E-state index in [1.807, 2.05) is 53.1 Å². The van der Waals surface area contributed by atoms with E-state index in [9.17, 15) is 14.7 Å². The minimum atomic E-state index is -1.17. The predicted molar refractivity (Wildman–Crippen MR) is 131 cm³/mol. The number of ether oxygens (including phenoxy) is 1. The standard InChI is InChI=1S/C25H19ClN4O4/c1-34-21-13-19(16(26)12-15(21)25(32)33)27-22(31)10-11-30-20-9-5-2-6-14(20)23-24(30)29-18-8-4-3-7-17(18)28-23/h2-9,12-13H,10-11H2,1H3,(H,27,31)(H,32,33). The SMILES string of the molecule is COc1cc(NC(=O)CCn2c3ccccc3c3nc4ccccc4nc32)c(Cl)cc1C(=O)O. The number of methoxy groups -OCH3 is 1. The maximum atomic E-state index is 12.8. The number of aromatic carboxylic acids is 1. The Labute approximate surface area is 198 Å². The Hall–Kier alpha value is -4.17. The first-order valence-corrected chi connectivity index (χ1v) is 10.9. The van der Waals surface area contributed by atoms with Crippen molar-refractivity contribution in [2.24, 2.45) is 0 Å². The fourth-order valence-electron chi connectivity index (χ4n) is 4.02. The number of carbonyl (C=O) groups excluding carboxylic acids is 1. The molecule has 2 N–H and O–H groups in total. The normalized spacial score (nSPS) is 11.2. The van der Waals surface area contributed by atoms with E-state index in [2.05, 4.69) is 5.32 Å². The molecular formula is C25H19ClN4O4. The molecule has 0 saturated carbocycles. The quantitative estimate of drug-likeness (QED) is 0.353. The lowest BCUT2D eigenvalue weighted by Gasteiger charge is -2.12. The first-order valence-electron chi connectivity index (χ1n) is 10.5. The molecule has 0 atom stereocenters. The van der Waals surface area contributed by atoms with Crippen LogP contribution in [0, 0.1) is 0 Å². The van der Waals surface area contributed by atoms with Crippen molar-refractivity contribution in [2.45, 2.75) is 13.0 Å². The summed E-state index contributed by atoms with van der Waals surface area (Å²) in [6.07, 6.45) is 0.140. The Balaban J connectivity index is 1.45. The van der Waals surface area contributed by atoms with E-state index in [0.717, 1.165) is 27.5 Å². The van der Waals surface area contributed by atoms with Gasteiger partial charge < -0.3 is 19.7 Å². The minimum absolute atomic E-state index is 0.0819. The summed E-state index contributed by atoms with van der Waals surface area (Å²) >= 11 is 6.20. The maximum Gasteiger partial charge on any atom is 0.339 e. The van der Waals surface area contributed by atoms with Gasteiger partial charge in [-0.25, -0.2) is 14.8 Å². The summed E-state index contributed by atoms with van der Waals surface area (Å²) in [4.78, 5) is 33.8. The van der Waals surface area contributed by atoms with Crippen LogP contribution in [0.2, 0.25) is 5.02 Å². The summed E-state index contributed by atoms with van der Waals surface area (Å²) in [6, 6.07) is 18.2. The Kier molecular flexibility index (Phi) is 5.51. The largest absolute Gasteiger partial charge is 0.496 e. The molecule has 0 aliphatic carbocycles. The number of halogens is 1. The van der Waals surface area contributed by atoms with Crippen molar-refractivity contribution in [3.63, 3.8) is 0 Å². The second kappa shape index (κ2) is 8.64. The zero-order valence-corrected chi connectivity index (χ0v) is 18.8. The molecule has 0 fully saturated rings. The van der Waals surface area contributed by atoms with Crippen molar-refractivity contribution < 1.29 is 19.4 Å². The lowest BCUT2D eigenvalue weighted by Crippen LogP contribution is -2.15. The Morgan fingerprint density at radius 3 is 2.50 bits per heavy atom. The van der Waals surface area contributed by atoms with Crippen molar-refractivity contribution >= 4 is 62.3 Å². The number of hydrogen-bond donors (Lipinski definition) is 2. The van der Waals surface area contributed by atoms with Crippen LogP contribution < -0.4 is 10.1 Å². The van der Waals surface area contributed by atoms with Crippen molar-refractivity contribution in [1.29, 1.82) is 0 Å². The third-order valence-electron chi connectivity index (χ3n) is 5.61. The van der Waals surface area contributed by atoms with Crippen LogP contribution in [0.15, 0.2) is 60.7 Å². The number of hydrogen-bond acceptors (Lipinski definition) is 5. The van der Waals surface area contributed by atoms with E-state index in [1.165, 1.54) is 19.2 Å². The van der Waals surface area contributed by atoms with E-state index in [0.29, 0.717) is 12.2 Å². The summed E-state index contributed by atoms with van der Waals surface area (Å²) < 4.78 is 7.11. The summed E-state index contributed by atoms with van der Waals surface area (Å²) in [6.45, 7) is 0.366. The summed E-state index contributed by atoms with van der Waals surface area (Å²) in [7, 11) is 1.36. The van der Waals surface area contributed by atoms with Gasteiger partial charge in [0.2, 0.25) is 5.91 Å². The molecule has 2 aromatic heterocycles. The maximum absolute atomic E-state index is 12.8. The Bertz CT molecular complexity index is 1600. The number of carbonyl (C=O) groups is 2.